The van der Waals surface area contributed by atoms with Gasteiger partial charge in [-0.15, -0.1) is 12.4 Å². The van der Waals surface area contributed by atoms with Crippen LogP contribution in [0.3, 0.4) is 0 Å². The number of likely N-dealkylation sites (N-methyl/N-ethyl adjacent to an activating group) is 1. The van der Waals surface area contributed by atoms with Gasteiger partial charge in [0.25, 0.3) is 0 Å². The van der Waals surface area contributed by atoms with Crippen molar-refractivity contribution >= 4 is 18.3 Å². The van der Waals surface area contributed by atoms with Crippen LogP contribution in [0.1, 0.15) is 37.7 Å². The van der Waals surface area contributed by atoms with Crippen LogP contribution in [-0.2, 0) is 11.3 Å². The predicted molar refractivity (Wildman–Crippen MR) is 93.4 cm³/mol. The first-order valence-corrected chi connectivity index (χ1v) is 8.02. The fourth-order valence-corrected chi connectivity index (χ4v) is 3.13. The zero-order valence-electron chi connectivity index (χ0n) is 14.5. The van der Waals surface area contributed by atoms with E-state index in [-0.39, 0.29) is 36.4 Å². The van der Waals surface area contributed by atoms with Gasteiger partial charge >= 0.3 is 6.61 Å². The molecule has 0 saturated heterocycles. The van der Waals surface area contributed by atoms with Gasteiger partial charge in [-0.05, 0) is 30.5 Å². The van der Waals surface area contributed by atoms with E-state index in [0.29, 0.717) is 18.4 Å². The highest BCUT2D eigenvalue weighted by Crippen LogP contribution is 2.31. The van der Waals surface area contributed by atoms with Gasteiger partial charge in [-0.1, -0.05) is 25.3 Å². The van der Waals surface area contributed by atoms with Crippen LogP contribution in [0.2, 0.25) is 0 Å². The van der Waals surface area contributed by atoms with E-state index in [1.54, 1.807) is 24.1 Å². The molecular formula is C17H25ClF2N2O3. The summed E-state index contributed by atoms with van der Waals surface area (Å²) >= 11 is 0. The lowest BCUT2D eigenvalue weighted by molar-refractivity contribution is -0.137. The van der Waals surface area contributed by atoms with Crippen LogP contribution < -0.4 is 15.2 Å². The van der Waals surface area contributed by atoms with E-state index in [4.69, 9.17) is 10.5 Å². The van der Waals surface area contributed by atoms with Gasteiger partial charge in [0, 0.05) is 13.6 Å². The Morgan fingerprint density at radius 3 is 2.48 bits per heavy atom. The van der Waals surface area contributed by atoms with Crippen molar-refractivity contribution in [3.8, 4) is 11.5 Å². The Morgan fingerprint density at radius 1 is 1.28 bits per heavy atom. The number of nitrogens with zero attached hydrogens (tertiary/aromatic N) is 1. The minimum absolute atomic E-state index is 0. The number of nitrogens with two attached hydrogens (primary N) is 1. The topological polar surface area (TPSA) is 64.8 Å². The molecule has 1 aromatic carbocycles. The number of hydrogen-bond acceptors (Lipinski definition) is 4. The summed E-state index contributed by atoms with van der Waals surface area (Å²) in [5, 5.41) is 0. The molecule has 25 heavy (non-hydrogen) atoms. The Labute approximate surface area is 152 Å². The van der Waals surface area contributed by atoms with E-state index < -0.39 is 12.2 Å². The molecule has 0 aromatic heterocycles. The number of benzene rings is 1. The van der Waals surface area contributed by atoms with Gasteiger partial charge in [0.05, 0.1) is 12.6 Å². The van der Waals surface area contributed by atoms with Crippen molar-refractivity contribution in [2.24, 2.45) is 5.73 Å². The number of alkyl halides is 2. The number of methoxy groups -OCH3 is 1. The molecule has 0 unspecified atom stereocenters. The van der Waals surface area contributed by atoms with E-state index in [9.17, 15) is 13.6 Å². The Bertz CT molecular complexity index is 581. The summed E-state index contributed by atoms with van der Waals surface area (Å²) in [6, 6.07) is 4.72. The van der Waals surface area contributed by atoms with Crippen LogP contribution >= 0.6 is 12.4 Å². The number of ether oxygens (including phenoxy) is 2. The summed E-state index contributed by atoms with van der Waals surface area (Å²) in [6.45, 7) is -2.68. The van der Waals surface area contributed by atoms with E-state index in [0.717, 1.165) is 19.3 Å². The third kappa shape index (κ3) is 5.44. The molecule has 1 aliphatic carbocycles. The monoisotopic (exact) mass is 378 g/mol. The first-order chi connectivity index (χ1) is 11.4. The lowest BCUT2D eigenvalue weighted by Gasteiger charge is -2.35. The summed E-state index contributed by atoms with van der Waals surface area (Å²) in [5.74, 6) is 0.0518. The van der Waals surface area contributed by atoms with Gasteiger partial charge in [-0.25, -0.2) is 0 Å². The highest BCUT2D eigenvalue weighted by molar-refractivity contribution is 5.86. The van der Waals surface area contributed by atoms with Gasteiger partial charge in [0.2, 0.25) is 5.91 Å². The third-order valence-electron chi connectivity index (χ3n) is 4.38. The van der Waals surface area contributed by atoms with Gasteiger partial charge in [0.15, 0.2) is 11.5 Å². The number of halogens is 3. The van der Waals surface area contributed by atoms with Crippen molar-refractivity contribution < 1.29 is 23.0 Å². The molecule has 142 valence electrons. The molecule has 0 aliphatic heterocycles. The van der Waals surface area contributed by atoms with E-state index in [1.165, 1.54) is 13.2 Å². The summed E-state index contributed by atoms with van der Waals surface area (Å²) in [7, 11) is 3.05. The largest absolute Gasteiger partial charge is 0.493 e. The maximum Gasteiger partial charge on any atom is 0.387 e. The quantitative estimate of drug-likeness (QED) is 0.824. The Hall–Kier alpha value is -1.60. The van der Waals surface area contributed by atoms with Gasteiger partial charge in [0.1, 0.15) is 0 Å². The van der Waals surface area contributed by atoms with Crippen LogP contribution in [-0.4, -0.2) is 37.1 Å². The Morgan fingerprint density at radius 2 is 1.92 bits per heavy atom. The normalized spacial score (nSPS) is 16.1. The molecule has 0 spiro atoms. The van der Waals surface area contributed by atoms with Crippen molar-refractivity contribution in [3.63, 3.8) is 0 Å². The first-order valence-electron chi connectivity index (χ1n) is 8.02. The highest BCUT2D eigenvalue weighted by Gasteiger charge is 2.37. The molecule has 1 saturated carbocycles. The van der Waals surface area contributed by atoms with Crippen LogP contribution in [0.5, 0.6) is 11.5 Å². The molecule has 1 aliphatic rings. The van der Waals surface area contributed by atoms with Crippen molar-refractivity contribution in [2.75, 3.05) is 14.2 Å². The molecular weight excluding hydrogens is 354 g/mol. The van der Waals surface area contributed by atoms with E-state index >= 15 is 0 Å². The fourth-order valence-electron chi connectivity index (χ4n) is 3.13. The molecule has 1 aromatic rings. The molecule has 8 heteroatoms. The first kappa shape index (κ1) is 21.4. The maximum atomic E-state index is 12.6. The maximum absolute atomic E-state index is 12.6. The van der Waals surface area contributed by atoms with Crippen LogP contribution in [0.15, 0.2) is 18.2 Å². The molecule has 1 amide bonds. The smallest absolute Gasteiger partial charge is 0.387 e. The van der Waals surface area contributed by atoms with Crippen LogP contribution in [0, 0.1) is 0 Å². The van der Waals surface area contributed by atoms with Crippen LogP contribution in [0.25, 0.3) is 0 Å². The summed E-state index contributed by atoms with van der Waals surface area (Å²) in [6.07, 6.45) is 4.36. The molecule has 0 bridgehead atoms. The third-order valence-corrected chi connectivity index (χ3v) is 4.38. The molecule has 5 nitrogen and oxygen atoms in total. The molecule has 2 rings (SSSR count). The Balaban J connectivity index is 0.00000312. The number of carbonyl (C=O) groups is 1. The Kier molecular flexibility index (Phi) is 7.89. The number of amides is 1. The van der Waals surface area contributed by atoms with Gasteiger partial charge in [-0.2, -0.15) is 8.78 Å². The average molecular weight is 379 g/mol. The second-order valence-electron chi connectivity index (χ2n) is 6.24. The second kappa shape index (κ2) is 9.20. The number of rotatable bonds is 6. The molecule has 2 N–H and O–H groups in total. The lowest BCUT2D eigenvalue weighted by Crippen LogP contribution is -2.55. The molecule has 0 radical (unpaired) electrons. The predicted octanol–water partition coefficient (Wildman–Crippen LogP) is 3.34. The standard InChI is InChI=1S/C17H24F2N2O3.ClH/c1-21(15(22)17(20)8-4-3-5-9-17)11-12-6-7-13(23-2)14(10-12)24-16(18)19;/h6-7,10,16H,3-5,8-9,11,20H2,1-2H3;1H. The lowest BCUT2D eigenvalue weighted by atomic mass is 9.81. The van der Waals surface area contributed by atoms with Crippen molar-refractivity contribution in [3.05, 3.63) is 23.8 Å². The number of hydrogen-bond donors (Lipinski definition) is 1. The minimum atomic E-state index is -2.94. The van der Waals surface area contributed by atoms with Crippen molar-refractivity contribution in [1.82, 2.24) is 4.90 Å². The van der Waals surface area contributed by atoms with Crippen molar-refractivity contribution in [1.29, 1.82) is 0 Å². The highest BCUT2D eigenvalue weighted by atomic mass is 35.5. The van der Waals surface area contributed by atoms with E-state index in [1.807, 2.05) is 0 Å². The molecule has 1 fully saturated rings. The summed E-state index contributed by atoms with van der Waals surface area (Å²) in [5.41, 5.74) is 6.11. The van der Waals surface area contributed by atoms with Crippen molar-refractivity contribution in [2.45, 2.75) is 50.8 Å². The second-order valence-corrected chi connectivity index (χ2v) is 6.24. The zero-order chi connectivity index (χ0) is 17.7. The number of carbonyl (C=O) groups excluding carboxylic acids is 1. The molecule has 0 heterocycles. The zero-order valence-corrected chi connectivity index (χ0v) is 15.3. The van der Waals surface area contributed by atoms with Gasteiger partial charge in [-0.3, -0.25) is 4.79 Å². The van der Waals surface area contributed by atoms with E-state index in [2.05, 4.69) is 4.74 Å². The molecule has 0 atom stereocenters. The summed E-state index contributed by atoms with van der Waals surface area (Å²) in [4.78, 5) is 14.2. The summed E-state index contributed by atoms with van der Waals surface area (Å²) < 4.78 is 34.5. The van der Waals surface area contributed by atoms with Gasteiger partial charge < -0.3 is 20.1 Å². The SMILES string of the molecule is COc1ccc(CN(C)C(=O)C2(N)CCCCC2)cc1OC(F)F.Cl. The average Bonchev–Trinajstić information content (AvgIpc) is 2.54. The minimum Gasteiger partial charge on any atom is -0.493 e. The van der Waals surface area contributed by atoms with Crippen LogP contribution in [0.4, 0.5) is 8.78 Å². The fraction of sp³-hybridized carbons (Fsp3) is 0.588.